The summed E-state index contributed by atoms with van der Waals surface area (Å²) in [6.07, 6.45) is 0. The third-order valence-electron chi connectivity index (χ3n) is 4.82. The predicted molar refractivity (Wildman–Crippen MR) is 111 cm³/mol. The van der Waals surface area contributed by atoms with Crippen LogP contribution in [0.5, 0.6) is 0 Å². The molecule has 0 aliphatic carbocycles. The average Bonchev–Trinajstić information content (AvgIpc) is 2.98. The number of hydrogen-bond acceptors (Lipinski definition) is 4. The molecule has 26 heavy (non-hydrogen) atoms. The first-order valence-electron chi connectivity index (χ1n) is 9.02. The van der Waals surface area contributed by atoms with E-state index in [0.717, 1.165) is 43.5 Å². The Morgan fingerprint density at radius 3 is 2.58 bits per heavy atom. The summed E-state index contributed by atoms with van der Waals surface area (Å²) in [5.74, 6) is 0. The molecule has 1 aliphatic heterocycles. The number of anilines is 1. The molecule has 0 amide bonds. The number of para-hydroxylation sites is 1. The van der Waals surface area contributed by atoms with Crippen molar-refractivity contribution < 1.29 is 9.64 Å². The molecule has 1 aromatic heterocycles. The molecule has 4 nitrogen and oxygen atoms in total. The van der Waals surface area contributed by atoms with Crippen LogP contribution >= 0.6 is 23.6 Å². The molecule has 1 fully saturated rings. The first kappa shape index (κ1) is 17.7. The highest BCUT2D eigenvalue weighted by Gasteiger charge is 2.13. The van der Waals surface area contributed by atoms with Gasteiger partial charge < -0.3 is 14.5 Å². The van der Waals surface area contributed by atoms with E-state index in [4.69, 9.17) is 17.0 Å². The first-order valence-corrected chi connectivity index (χ1v) is 10.2. The summed E-state index contributed by atoms with van der Waals surface area (Å²) in [4.78, 5) is 3.81. The van der Waals surface area contributed by atoms with Gasteiger partial charge in [-0.1, -0.05) is 24.3 Å². The molecule has 6 heteroatoms. The number of rotatable bonds is 5. The number of aromatic nitrogens is 1. The molecular weight excluding hydrogens is 362 g/mol. The van der Waals surface area contributed by atoms with E-state index >= 15 is 0 Å². The van der Waals surface area contributed by atoms with Gasteiger partial charge in [0, 0.05) is 24.3 Å². The van der Waals surface area contributed by atoms with E-state index in [0.29, 0.717) is 0 Å². The maximum Gasteiger partial charge on any atom is 0.166 e. The van der Waals surface area contributed by atoms with Crippen molar-refractivity contribution in [2.24, 2.45) is 0 Å². The van der Waals surface area contributed by atoms with Crippen LogP contribution in [0.15, 0.2) is 48.5 Å². The number of nitrogens with one attached hydrogen (secondary N) is 1. The zero-order valence-electron chi connectivity index (χ0n) is 15.0. The summed E-state index contributed by atoms with van der Waals surface area (Å²) in [5.41, 5.74) is 3.89. The van der Waals surface area contributed by atoms with Gasteiger partial charge in [0.1, 0.15) is 6.54 Å². The van der Waals surface area contributed by atoms with E-state index in [1.165, 1.54) is 26.4 Å². The monoisotopic (exact) mass is 386 g/mol. The van der Waals surface area contributed by atoms with Gasteiger partial charge in [0.15, 0.2) is 10.6 Å². The minimum absolute atomic E-state index is 0.823. The molecule has 1 N–H and O–H groups in total. The maximum atomic E-state index is 5.58. The van der Waals surface area contributed by atoms with Gasteiger partial charge in [0.2, 0.25) is 0 Å². The fourth-order valence-corrected chi connectivity index (χ4v) is 4.81. The molecule has 4 rings (SSSR count). The van der Waals surface area contributed by atoms with Crippen molar-refractivity contribution in [3.8, 4) is 0 Å². The number of nitrogens with zero attached hydrogens (tertiary/aromatic N) is 2. The average molecular weight is 387 g/mol. The summed E-state index contributed by atoms with van der Waals surface area (Å²) in [6.45, 7) is 5.47. The van der Waals surface area contributed by atoms with E-state index in [2.05, 4.69) is 65.0 Å². The number of fused-ring (bicyclic) bond motifs is 1. The Labute approximate surface area is 163 Å². The Morgan fingerprint density at radius 1 is 1.08 bits per heavy atom. The summed E-state index contributed by atoms with van der Waals surface area (Å²) < 4.78 is 9.91. The molecule has 1 unspecified atom stereocenters. The van der Waals surface area contributed by atoms with Crippen LogP contribution in [0.1, 0.15) is 5.56 Å². The third kappa shape index (κ3) is 3.83. The van der Waals surface area contributed by atoms with Crippen LogP contribution in [-0.4, -0.2) is 37.9 Å². The number of thiazole rings is 1. The SMILES string of the molecule is C[NH+](Cc1ccc(N2CCOCC2)cc1)Cn1c(=S)sc2ccccc21. The molecule has 3 aromatic rings. The second kappa shape index (κ2) is 7.88. The fourth-order valence-electron chi connectivity index (χ4n) is 3.48. The number of quaternary nitrogens is 1. The van der Waals surface area contributed by atoms with Crippen molar-refractivity contribution >= 4 is 39.5 Å². The van der Waals surface area contributed by atoms with Gasteiger partial charge >= 0.3 is 0 Å². The zero-order valence-corrected chi connectivity index (χ0v) is 16.6. The van der Waals surface area contributed by atoms with Crippen molar-refractivity contribution in [1.82, 2.24) is 4.57 Å². The van der Waals surface area contributed by atoms with E-state index < -0.39 is 0 Å². The minimum atomic E-state index is 0.823. The lowest BCUT2D eigenvalue weighted by Crippen LogP contribution is -3.06. The fraction of sp³-hybridized carbons (Fsp3) is 0.350. The van der Waals surface area contributed by atoms with Crippen LogP contribution in [0.3, 0.4) is 0 Å². The van der Waals surface area contributed by atoms with Crippen LogP contribution in [0, 0.1) is 3.95 Å². The largest absolute Gasteiger partial charge is 0.378 e. The quantitative estimate of drug-likeness (QED) is 0.682. The maximum absolute atomic E-state index is 5.58. The van der Waals surface area contributed by atoms with Crippen molar-refractivity contribution in [2.75, 3.05) is 38.3 Å². The molecule has 0 bridgehead atoms. The lowest BCUT2D eigenvalue weighted by Gasteiger charge is -2.29. The molecule has 136 valence electrons. The molecular formula is C20H24N3OS2+. The van der Waals surface area contributed by atoms with Crippen molar-refractivity contribution in [1.29, 1.82) is 0 Å². The van der Waals surface area contributed by atoms with Gasteiger partial charge in [0.05, 0.1) is 30.5 Å². The van der Waals surface area contributed by atoms with Gasteiger partial charge in [-0.15, -0.1) is 11.3 Å². The lowest BCUT2D eigenvalue weighted by atomic mass is 10.2. The van der Waals surface area contributed by atoms with E-state index in [1.807, 2.05) is 0 Å². The van der Waals surface area contributed by atoms with Crippen molar-refractivity contribution in [2.45, 2.75) is 13.2 Å². The summed E-state index contributed by atoms with van der Waals surface area (Å²) in [5, 5.41) is 0. The normalized spacial score (nSPS) is 16.1. The number of benzene rings is 2. The topological polar surface area (TPSA) is 21.8 Å². The molecule has 2 heterocycles. The Hall–Kier alpha value is -1.73. The number of hydrogen-bond donors (Lipinski definition) is 1. The lowest BCUT2D eigenvalue weighted by molar-refractivity contribution is -0.916. The number of ether oxygens (including phenoxy) is 1. The summed E-state index contributed by atoms with van der Waals surface area (Å²) in [7, 11) is 2.23. The highest BCUT2D eigenvalue weighted by Crippen LogP contribution is 2.22. The van der Waals surface area contributed by atoms with E-state index in [-0.39, 0.29) is 0 Å². The summed E-state index contributed by atoms with van der Waals surface area (Å²) in [6, 6.07) is 17.4. The van der Waals surface area contributed by atoms with Crippen LogP contribution in [-0.2, 0) is 18.0 Å². The molecule has 0 spiro atoms. The predicted octanol–water partition coefficient (Wildman–Crippen LogP) is 2.94. The Morgan fingerprint density at radius 2 is 1.81 bits per heavy atom. The zero-order chi connectivity index (χ0) is 17.9. The highest BCUT2D eigenvalue weighted by atomic mass is 32.1. The second-order valence-electron chi connectivity index (χ2n) is 6.82. The summed E-state index contributed by atoms with van der Waals surface area (Å²) >= 11 is 7.27. The van der Waals surface area contributed by atoms with E-state index in [1.54, 1.807) is 11.3 Å². The van der Waals surface area contributed by atoms with Crippen LogP contribution in [0.25, 0.3) is 10.2 Å². The van der Waals surface area contributed by atoms with Crippen molar-refractivity contribution in [3.05, 3.63) is 58.0 Å². The smallest absolute Gasteiger partial charge is 0.166 e. The van der Waals surface area contributed by atoms with Gasteiger partial charge in [-0.2, -0.15) is 0 Å². The van der Waals surface area contributed by atoms with Crippen LogP contribution < -0.4 is 9.80 Å². The van der Waals surface area contributed by atoms with Gasteiger partial charge in [-0.05, 0) is 36.5 Å². The number of morpholine rings is 1. The van der Waals surface area contributed by atoms with Crippen LogP contribution in [0.2, 0.25) is 0 Å². The van der Waals surface area contributed by atoms with Gasteiger partial charge in [0.25, 0.3) is 0 Å². The van der Waals surface area contributed by atoms with E-state index in [9.17, 15) is 0 Å². The Bertz CT molecular complexity index is 926. The van der Waals surface area contributed by atoms with Gasteiger partial charge in [-0.25, -0.2) is 0 Å². The molecule has 0 saturated carbocycles. The Kier molecular flexibility index (Phi) is 5.36. The molecule has 2 aromatic carbocycles. The molecule has 1 aliphatic rings. The minimum Gasteiger partial charge on any atom is -0.378 e. The van der Waals surface area contributed by atoms with Gasteiger partial charge in [-0.3, -0.25) is 4.57 Å². The molecule has 1 atom stereocenters. The standard InChI is InChI=1S/C20H23N3OS2/c1-21(15-23-18-4-2-3-5-19(18)26-20(23)25)14-16-6-8-17(9-7-16)22-10-12-24-13-11-22/h2-9H,10-15H2,1H3/p+1. The Balaban J connectivity index is 1.43. The second-order valence-corrected chi connectivity index (χ2v) is 8.50. The van der Waals surface area contributed by atoms with Crippen LogP contribution in [0.4, 0.5) is 5.69 Å². The highest BCUT2D eigenvalue weighted by molar-refractivity contribution is 7.73. The first-order chi connectivity index (χ1) is 12.7. The third-order valence-corrected chi connectivity index (χ3v) is 6.25. The molecule has 1 saturated heterocycles. The van der Waals surface area contributed by atoms with Crippen molar-refractivity contribution in [3.63, 3.8) is 0 Å². The molecule has 0 radical (unpaired) electrons.